The molecule has 1 saturated heterocycles. The van der Waals surface area contributed by atoms with Crippen LogP contribution in [0.2, 0.25) is 0 Å². The van der Waals surface area contributed by atoms with Gasteiger partial charge in [-0.1, -0.05) is 0 Å². The normalized spacial score (nSPS) is 17.2. The van der Waals surface area contributed by atoms with Crippen molar-refractivity contribution in [1.82, 2.24) is 29.5 Å². The van der Waals surface area contributed by atoms with Gasteiger partial charge in [0.15, 0.2) is 5.82 Å². The summed E-state index contributed by atoms with van der Waals surface area (Å²) in [5.74, 6) is 2.46. The van der Waals surface area contributed by atoms with Crippen LogP contribution < -0.4 is 4.90 Å². The molecule has 4 heterocycles. The number of aromatic nitrogens is 6. The standard InChI is InChI=1S/C18H21N7/c1-13-7-17(23-11-20-13)25-5-3-14(10-25)8-15-9-16(22-12-21-15)18-19-4-6-24(18)2/h4,6-7,9,11-12,14H,3,5,8,10H2,1-2H3/t14-/m0/s1. The minimum atomic E-state index is 0.569. The van der Waals surface area contributed by atoms with Crippen molar-refractivity contribution >= 4 is 5.82 Å². The number of nitrogens with zero attached hydrogens (tertiary/aromatic N) is 7. The first-order valence-electron chi connectivity index (χ1n) is 8.51. The van der Waals surface area contributed by atoms with E-state index in [4.69, 9.17) is 0 Å². The summed E-state index contributed by atoms with van der Waals surface area (Å²) in [5, 5.41) is 0. The summed E-state index contributed by atoms with van der Waals surface area (Å²) in [5.41, 5.74) is 2.95. The Bertz CT molecular complexity index is 873. The van der Waals surface area contributed by atoms with Crippen molar-refractivity contribution < 1.29 is 0 Å². The van der Waals surface area contributed by atoms with Crippen molar-refractivity contribution in [2.75, 3.05) is 18.0 Å². The lowest BCUT2D eigenvalue weighted by molar-refractivity contribution is 0.576. The van der Waals surface area contributed by atoms with Crippen molar-refractivity contribution in [2.45, 2.75) is 19.8 Å². The first-order valence-corrected chi connectivity index (χ1v) is 8.51. The van der Waals surface area contributed by atoms with Gasteiger partial charge in [-0.25, -0.2) is 24.9 Å². The highest BCUT2D eigenvalue weighted by Crippen LogP contribution is 2.25. The van der Waals surface area contributed by atoms with E-state index in [1.807, 2.05) is 30.8 Å². The van der Waals surface area contributed by atoms with E-state index in [2.05, 4.69) is 35.9 Å². The van der Waals surface area contributed by atoms with Crippen LogP contribution in [0.25, 0.3) is 11.5 Å². The van der Waals surface area contributed by atoms with Gasteiger partial charge in [0.2, 0.25) is 0 Å². The van der Waals surface area contributed by atoms with E-state index in [0.29, 0.717) is 5.92 Å². The van der Waals surface area contributed by atoms with Crippen molar-refractivity contribution in [2.24, 2.45) is 13.0 Å². The molecule has 0 aromatic carbocycles. The molecular formula is C18H21N7. The lowest BCUT2D eigenvalue weighted by Crippen LogP contribution is -2.21. The molecule has 128 valence electrons. The Morgan fingerprint density at radius 1 is 1.08 bits per heavy atom. The Morgan fingerprint density at radius 3 is 2.76 bits per heavy atom. The maximum Gasteiger partial charge on any atom is 0.158 e. The molecule has 1 fully saturated rings. The Morgan fingerprint density at radius 2 is 1.96 bits per heavy atom. The highest BCUT2D eigenvalue weighted by Gasteiger charge is 2.24. The van der Waals surface area contributed by atoms with E-state index in [1.54, 1.807) is 18.9 Å². The van der Waals surface area contributed by atoms with Gasteiger partial charge in [-0.2, -0.15) is 0 Å². The summed E-state index contributed by atoms with van der Waals surface area (Å²) in [6.45, 7) is 4.02. The van der Waals surface area contributed by atoms with E-state index in [1.165, 1.54) is 0 Å². The molecule has 0 saturated carbocycles. The summed E-state index contributed by atoms with van der Waals surface area (Å²) in [6, 6.07) is 4.10. The number of hydrogen-bond donors (Lipinski definition) is 0. The topological polar surface area (TPSA) is 72.6 Å². The van der Waals surface area contributed by atoms with Gasteiger partial charge in [0.1, 0.15) is 24.2 Å². The molecule has 0 radical (unpaired) electrons. The number of anilines is 1. The monoisotopic (exact) mass is 335 g/mol. The Kier molecular flexibility index (Phi) is 4.13. The Hall–Kier alpha value is -2.83. The Labute approximate surface area is 146 Å². The van der Waals surface area contributed by atoms with Gasteiger partial charge in [0, 0.05) is 50.0 Å². The van der Waals surface area contributed by atoms with Crippen LogP contribution in [0.4, 0.5) is 5.82 Å². The molecule has 0 unspecified atom stereocenters. The molecule has 0 aliphatic carbocycles. The second-order valence-corrected chi connectivity index (χ2v) is 6.58. The molecule has 3 aromatic rings. The molecule has 4 rings (SSSR count). The zero-order valence-electron chi connectivity index (χ0n) is 14.5. The zero-order chi connectivity index (χ0) is 17.2. The van der Waals surface area contributed by atoms with E-state index in [9.17, 15) is 0 Å². The molecule has 3 aromatic heterocycles. The zero-order valence-corrected chi connectivity index (χ0v) is 14.5. The molecule has 1 aliphatic rings. The summed E-state index contributed by atoms with van der Waals surface area (Å²) in [6.07, 6.45) is 9.08. The fourth-order valence-electron chi connectivity index (χ4n) is 3.36. The van der Waals surface area contributed by atoms with Gasteiger partial charge in [-0.15, -0.1) is 0 Å². The molecule has 1 aliphatic heterocycles. The maximum absolute atomic E-state index is 4.46. The molecule has 7 nitrogen and oxygen atoms in total. The third-order valence-corrected chi connectivity index (χ3v) is 4.67. The highest BCUT2D eigenvalue weighted by molar-refractivity contribution is 5.49. The lowest BCUT2D eigenvalue weighted by Gasteiger charge is -2.17. The average Bonchev–Trinajstić information content (AvgIpc) is 3.24. The molecule has 1 atom stereocenters. The van der Waals surface area contributed by atoms with Crippen molar-refractivity contribution in [1.29, 1.82) is 0 Å². The highest BCUT2D eigenvalue weighted by atomic mass is 15.2. The molecular weight excluding hydrogens is 314 g/mol. The maximum atomic E-state index is 4.46. The van der Waals surface area contributed by atoms with Crippen LogP contribution in [0.3, 0.4) is 0 Å². The SMILES string of the molecule is Cc1cc(N2CC[C@@H](Cc3cc(-c4nccn4C)ncn3)C2)ncn1. The van der Waals surface area contributed by atoms with E-state index < -0.39 is 0 Å². The molecule has 7 heteroatoms. The van der Waals surface area contributed by atoms with Gasteiger partial charge in [0.05, 0.1) is 0 Å². The number of imidazole rings is 1. The fraction of sp³-hybridized carbons (Fsp3) is 0.389. The number of rotatable bonds is 4. The third kappa shape index (κ3) is 3.35. The summed E-state index contributed by atoms with van der Waals surface area (Å²) < 4.78 is 1.97. The van der Waals surface area contributed by atoms with Crippen LogP contribution in [0, 0.1) is 12.8 Å². The summed E-state index contributed by atoms with van der Waals surface area (Å²) >= 11 is 0. The van der Waals surface area contributed by atoms with E-state index in [-0.39, 0.29) is 0 Å². The first kappa shape index (κ1) is 15.7. The molecule has 0 N–H and O–H groups in total. The van der Waals surface area contributed by atoms with Gasteiger partial charge >= 0.3 is 0 Å². The van der Waals surface area contributed by atoms with Gasteiger partial charge < -0.3 is 9.47 Å². The largest absolute Gasteiger partial charge is 0.356 e. The third-order valence-electron chi connectivity index (χ3n) is 4.67. The van der Waals surface area contributed by atoms with Gasteiger partial charge in [0.25, 0.3) is 0 Å². The second kappa shape index (κ2) is 6.58. The van der Waals surface area contributed by atoms with Crippen molar-refractivity contribution in [3.8, 4) is 11.5 Å². The fourth-order valence-corrected chi connectivity index (χ4v) is 3.36. The average molecular weight is 335 g/mol. The van der Waals surface area contributed by atoms with Crippen LogP contribution in [0.1, 0.15) is 17.8 Å². The van der Waals surface area contributed by atoms with Crippen LogP contribution in [0.5, 0.6) is 0 Å². The predicted molar refractivity (Wildman–Crippen MR) is 95.0 cm³/mol. The predicted octanol–water partition coefficient (Wildman–Crippen LogP) is 2.04. The Balaban J connectivity index is 1.46. The lowest BCUT2D eigenvalue weighted by atomic mass is 10.0. The van der Waals surface area contributed by atoms with Crippen molar-refractivity contribution in [3.63, 3.8) is 0 Å². The van der Waals surface area contributed by atoms with Crippen LogP contribution in [-0.4, -0.2) is 42.6 Å². The van der Waals surface area contributed by atoms with Crippen molar-refractivity contribution in [3.05, 3.63) is 48.6 Å². The molecule has 0 bridgehead atoms. The molecule has 0 amide bonds. The first-order chi connectivity index (χ1) is 12.2. The van der Waals surface area contributed by atoms with Gasteiger partial charge in [-0.3, -0.25) is 0 Å². The summed E-state index contributed by atoms with van der Waals surface area (Å²) in [7, 11) is 1.97. The quantitative estimate of drug-likeness (QED) is 0.726. The van der Waals surface area contributed by atoms with Crippen LogP contribution in [0.15, 0.2) is 37.2 Å². The van der Waals surface area contributed by atoms with Gasteiger partial charge in [-0.05, 0) is 31.7 Å². The van der Waals surface area contributed by atoms with E-state index >= 15 is 0 Å². The molecule has 25 heavy (non-hydrogen) atoms. The minimum absolute atomic E-state index is 0.569. The number of aryl methyl sites for hydroxylation is 2. The second-order valence-electron chi connectivity index (χ2n) is 6.58. The smallest absolute Gasteiger partial charge is 0.158 e. The molecule has 0 spiro atoms. The number of hydrogen-bond acceptors (Lipinski definition) is 6. The minimum Gasteiger partial charge on any atom is -0.356 e. The van der Waals surface area contributed by atoms with E-state index in [0.717, 1.165) is 54.7 Å². The van der Waals surface area contributed by atoms with Crippen LogP contribution in [-0.2, 0) is 13.5 Å². The summed E-state index contributed by atoms with van der Waals surface area (Å²) in [4.78, 5) is 24.1. The van der Waals surface area contributed by atoms with Crippen LogP contribution >= 0.6 is 0 Å².